The number of aliphatic carboxylic acids is 1. The molecule has 0 spiro atoms. The molecule has 37 heavy (non-hydrogen) atoms. The molecule has 0 radical (unpaired) electrons. The summed E-state index contributed by atoms with van der Waals surface area (Å²) in [6.45, 7) is 4.08. The number of rotatable bonds is 12. The maximum Gasteiger partial charge on any atom is 0.325 e. The van der Waals surface area contributed by atoms with Crippen LogP contribution in [0.25, 0.3) is 10.9 Å². The number of aromatic nitrogens is 3. The van der Waals surface area contributed by atoms with Crippen LogP contribution in [0.4, 0.5) is 5.82 Å². The van der Waals surface area contributed by atoms with Crippen LogP contribution in [0.3, 0.4) is 0 Å². The van der Waals surface area contributed by atoms with E-state index in [-0.39, 0.29) is 6.10 Å². The van der Waals surface area contributed by atoms with E-state index in [4.69, 9.17) is 14.5 Å². The molecule has 9 nitrogen and oxygen atoms in total. The van der Waals surface area contributed by atoms with Crippen LogP contribution in [0.15, 0.2) is 36.5 Å². The van der Waals surface area contributed by atoms with E-state index in [2.05, 4.69) is 22.5 Å². The topological polar surface area (TPSA) is 102 Å². The third-order valence-electron chi connectivity index (χ3n) is 7.40. The first-order chi connectivity index (χ1) is 18.1. The number of para-hydroxylation sites is 1. The Hall–Kier alpha value is -3.01. The zero-order valence-corrected chi connectivity index (χ0v) is 21.6. The van der Waals surface area contributed by atoms with Crippen molar-refractivity contribution >= 4 is 22.7 Å². The van der Waals surface area contributed by atoms with E-state index in [0.717, 1.165) is 66.6 Å². The van der Waals surface area contributed by atoms with Gasteiger partial charge in [0.25, 0.3) is 0 Å². The largest absolute Gasteiger partial charge is 0.480 e. The normalized spacial score (nSPS) is 18.6. The minimum atomic E-state index is -0.848. The van der Waals surface area contributed by atoms with Gasteiger partial charge in [-0.15, -0.1) is 0 Å². The summed E-state index contributed by atoms with van der Waals surface area (Å²) in [5.41, 5.74) is 4.08. The van der Waals surface area contributed by atoms with Gasteiger partial charge in [-0.1, -0.05) is 24.3 Å². The third-order valence-corrected chi connectivity index (χ3v) is 7.40. The van der Waals surface area contributed by atoms with Gasteiger partial charge in [0.2, 0.25) is 0 Å². The summed E-state index contributed by atoms with van der Waals surface area (Å²) < 4.78 is 13.2. The Bertz CT molecular complexity index is 1210. The van der Waals surface area contributed by atoms with Crippen LogP contribution in [0.5, 0.6) is 0 Å². The van der Waals surface area contributed by atoms with Gasteiger partial charge >= 0.3 is 5.97 Å². The van der Waals surface area contributed by atoms with Crippen molar-refractivity contribution in [2.75, 3.05) is 45.3 Å². The van der Waals surface area contributed by atoms with E-state index in [9.17, 15) is 9.90 Å². The Morgan fingerprint density at radius 2 is 2.16 bits per heavy atom. The molecule has 0 bridgehead atoms. The van der Waals surface area contributed by atoms with Crippen molar-refractivity contribution in [3.05, 3.63) is 53.3 Å². The van der Waals surface area contributed by atoms with Gasteiger partial charge in [0.1, 0.15) is 11.9 Å². The van der Waals surface area contributed by atoms with E-state index in [1.165, 1.54) is 12.0 Å². The molecule has 198 valence electrons. The van der Waals surface area contributed by atoms with Crippen LogP contribution in [0, 0.1) is 0 Å². The summed E-state index contributed by atoms with van der Waals surface area (Å²) in [5, 5.41) is 19.0. The van der Waals surface area contributed by atoms with Gasteiger partial charge in [-0.05, 0) is 50.2 Å². The average Bonchev–Trinajstić information content (AvgIpc) is 3.55. The number of pyridine rings is 1. The van der Waals surface area contributed by atoms with Crippen LogP contribution < -0.4 is 5.32 Å². The number of anilines is 1. The molecular weight excluding hydrogens is 470 g/mol. The molecular formula is C28H37N5O4. The standard InChI is InChI=1S/C28H37N5O4/c1-36-17-15-33-25-21(18-30-33)6-4-9-24(25)26(28(34)35)32-14-12-23(19-32)37-16-3-2-8-22-11-10-20-7-5-13-29-27(20)31-22/h4,6,9-11,18,23,26H,2-3,5,7-8,12-17,19H2,1H3,(H,29,31)(H,34,35)/t23-,26?/m1/s1. The molecule has 2 atom stereocenters. The molecule has 2 N–H and O–H groups in total. The summed E-state index contributed by atoms with van der Waals surface area (Å²) in [7, 11) is 1.65. The maximum absolute atomic E-state index is 12.5. The number of hydrogen-bond acceptors (Lipinski definition) is 7. The molecule has 3 aromatic rings. The fraction of sp³-hybridized carbons (Fsp3) is 0.536. The number of nitrogens with zero attached hydrogens (tertiary/aromatic N) is 4. The molecule has 1 saturated heterocycles. The fourth-order valence-electron chi connectivity index (χ4n) is 5.52. The maximum atomic E-state index is 12.5. The predicted molar refractivity (Wildman–Crippen MR) is 142 cm³/mol. The van der Waals surface area contributed by atoms with Crippen molar-refractivity contribution in [3.63, 3.8) is 0 Å². The number of carbonyl (C=O) groups is 1. The lowest BCUT2D eigenvalue weighted by molar-refractivity contribution is -0.143. The number of ether oxygens (including phenoxy) is 2. The smallest absolute Gasteiger partial charge is 0.325 e. The van der Waals surface area contributed by atoms with Crippen molar-refractivity contribution < 1.29 is 19.4 Å². The second kappa shape index (κ2) is 12.0. The van der Waals surface area contributed by atoms with Gasteiger partial charge in [0, 0.05) is 50.0 Å². The molecule has 4 heterocycles. The highest BCUT2D eigenvalue weighted by atomic mass is 16.5. The Balaban J connectivity index is 1.14. The Morgan fingerprint density at radius 3 is 3.03 bits per heavy atom. The van der Waals surface area contributed by atoms with Gasteiger partial charge < -0.3 is 19.9 Å². The molecule has 0 saturated carbocycles. The average molecular weight is 508 g/mol. The zero-order chi connectivity index (χ0) is 25.6. The number of nitrogens with one attached hydrogen (secondary N) is 1. The Labute approximate surface area is 217 Å². The fourth-order valence-corrected chi connectivity index (χ4v) is 5.52. The molecule has 1 aromatic carbocycles. The van der Waals surface area contributed by atoms with E-state index in [1.807, 2.05) is 27.8 Å². The second-order valence-electron chi connectivity index (χ2n) is 9.96. The number of fused-ring (bicyclic) bond motifs is 2. The minimum Gasteiger partial charge on any atom is -0.480 e. The van der Waals surface area contributed by atoms with Gasteiger partial charge in [0.05, 0.1) is 31.0 Å². The van der Waals surface area contributed by atoms with Crippen LogP contribution in [0.1, 0.15) is 48.5 Å². The van der Waals surface area contributed by atoms with Gasteiger partial charge in [-0.2, -0.15) is 5.10 Å². The lowest BCUT2D eigenvalue weighted by atomic mass is 10.0. The van der Waals surface area contributed by atoms with E-state index >= 15 is 0 Å². The van der Waals surface area contributed by atoms with Crippen molar-refractivity contribution in [2.24, 2.45) is 0 Å². The van der Waals surface area contributed by atoms with Crippen LogP contribution in [-0.4, -0.2) is 76.8 Å². The van der Waals surface area contributed by atoms with Gasteiger partial charge in [0.15, 0.2) is 0 Å². The molecule has 1 fully saturated rings. The number of aryl methyl sites for hydroxylation is 2. The van der Waals surface area contributed by atoms with E-state index in [1.54, 1.807) is 13.3 Å². The first-order valence-electron chi connectivity index (χ1n) is 13.4. The van der Waals surface area contributed by atoms with Crippen molar-refractivity contribution in [1.82, 2.24) is 19.7 Å². The van der Waals surface area contributed by atoms with Crippen LogP contribution in [-0.2, 0) is 33.7 Å². The lowest BCUT2D eigenvalue weighted by Crippen LogP contribution is -2.34. The van der Waals surface area contributed by atoms with Crippen molar-refractivity contribution in [1.29, 1.82) is 0 Å². The summed E-state index contributed by atoms with van der Waals surface area (Å²) in [4.78, 5) is 19.3. The number of likely N-dealkylation sites (tertiary alicyclic amines) is 1. The highest BCUT2D eigenvalue weighted by Crippen LogP contribution is 2.32. The highest BCUT2D eigenvalue weighted by Gasteiger charge is 2.35. The van der Waals surface area contributed by atoms with E-state index in [0.29, 0.717) is 32.8 Å². The molecule has 0 aliphatic carbocycles. The molecule has 0 amide bonds. The Morgan fingerprint density at radius 1 is 1.24 bits per heavy atom. The first-order valence-corrected chi connectivity index (χ1v) is 13.4. The summed E-state index contributed by atoms with van der Waals surface area (Å²) in [6, 6.07) is 9.41. The first kappa shape index (κ1) is 25.6. The quantitative estimate of drug-likeness (QED) is 0.358. The van der Waals surface area contributed by atoms with Crippen LogP contribution >= 0.6 is 0 Å². The zero-order valence-electron chi connectivity index (χ0n) is 21.6. The van der Waals surface area contributed by atoms with Gasteiger partial charge in [-0.25, -0.2) is 4.98 Å². The number of unbranched alkanes of at least 4 members (excludes halogenated alkanes) is 1. The minimum absolute atomic E-state index is 0.0468. The summed E-state index contributed by atoms with van der Waals surface area (Å²) in [5.74, 6) is 0.205. The molecule has 2 aromatic heterocycles. The van der Waals surface area contributed by atoms with Gasteiger partial charge in [-0.3, -0.25) is 14.4 Å². The van der Waals surface area contributed by atoms with E-state index < -0.39 is 12.0 Å². The van der Waals surface area contributed by atoms with Crippen molar-refractivity contribution in [2.45, 2.75) is 57.2 Å². The summed E-state index contributed by atoms with van der Waals surface area (Å²) in [6.07, 6.45) is 7.88. The Kier molecular flexibility index (Phi) is 8.33. The molecule has 5 rings (SSSR count). The second-order valence-corrected chi connectivity index (χ2v) is 9.96. The number of carboxylic acid groups (broad SMARTS) is 1. The predicted octanol–water partition coefficient (Wildman–Crippen LogP) is 3.68. The summed E-state index contributed by atoms with van der Waals surface area (Å²) >= 11 is 0. The van der Waals surface area contributed by atoms with Crippen LogP contribution in [0.2, 0.25) is 0 Å². The molecule has 9 heteroatoms. The number of hydrogen-bond donors (Lipinski definition) is 2. The SMILES string of the molecule is COCCn1ncc2cccc(C(C(=O)O)N3CC[C@@H](OCCCCc4ccc5c(n4)NCCC5)C3)c21. The van der Waals surface area contributed by atoms with Crippen molar-refractivity contribution in [3.8, 4) is 0 Å². The molecule has 2 aliphatic rings. The lowest BCUT2D eigenvalue weighted by Gasteiger charge is -2.25. The number of benzene rings is 1. The molecule has 1 unspecified atom stereocenters. The molecule has 2 aliphatic heterocycles. The monoisotopic (exact) mass is 507 g/mol. The third kappa shape index (κ3) is 5.95. The number of methoxy groups -OCH3 is 1. The highest BCUT2D eigenvalue weighted by molar-refractivity contribution is 5.88. The number of carboxylic acids is 1.